The van der Waals surface area contributed by atoms with Gasteiger partial charge in [0.2, 0.25) is 5.91 Å². The normalized spacial score (nSPS) is 16.2. The van der Waals surface area contributed by atoms with E-state index in [4.69, 9.17) is 0 Å². The molecular weight excluding hydrogens is 358 g/mol. The van der Waals surface area contributed by atoms with E-state index in [2.05, 4.69) is 84.4 Å². The zero-order valence-electron chi connectivity index (χ0n) is 17.9. The average molecular weight is 392 g/mol. The van der Waals surface area contributed by atoms with Gasteiger partial charge in [-0.05, 0) is 28.7 Å². The third-order valence-corrected chi connectivity index (χ3v) is 5.34. The van der Waals surface area contributed by atoms with Crippen LogP contribution in [0.3, 0.4) is 0 Å². The van der Waals surface area contributed by atoms with Crippen molar-refractivity contribution >= 4 is 17.7 Å². The van der Waals surface area contributed by atoms with Crippen LogP contribution in [0.5, 0.6) is 0 Å². The maximum atomic E-state index is 12.4. The second-order valence-corrected chi connectivity index (χ2v) is 8.77. The molecule has 0 aromatic heterocycles. The number of piperazine rings is 1. The van der Waals surface area contributed by atoms with Crippen molar-refractivity contribution in [3.05, 3.63) is 71.8 Å². The minimum Gasteiger partial charge on any atom is -0.325 e. The van der Waals surface area contributed by atoms with Gasteiger partial charge in [0, 0.05) is 38.4 Å². The van der Waals surface area contributed by atoms with Crippen LogP contribution in [0, 0.1) is 0 Å². The van der Waals surface area contributed by atoms with Gasteiger partial charge in [-0.15, -0.1) is 0 Å². The Hall–Kier alpha value is -2.43. The van der Waals surface area contributed by atoms with Crippen molar-refractivity contribution < 1.29 is 4.79 Å². The van der Waals surface area contributed by atoms with Crippen LogP contribution in [0.15, 0.2) is 60.7 Å². The Kier molecular flexibility index (Phi) is 7.24. The smallest absolute Gasteiger partial charge is 0.238 e. The Balaban J connectivity index is 1.39. The molecule has 1 saturated heterocycles. The fourth-order valence-corrected chi connectivity index (χ4v) is 3.49. The minimum absolute atomic E-state index is 0.0610. The standard InChI is InChI=1S/C25H33N3O/c1-25(2,3)22-11-13-23(14-12-22)26-24(29)20-28-18-16-27(17-19-28)15-7-10-21-8-5-4-6-9-21/h4-14H,15-20H2,1-3H3,(H,26,29)/b10-7+. The summed E-state index contributed by atoms with van der Waals surface area (Å²) in [5.41, 5.74) is 3.50. The van der Waals surface area contributed by atoms with E-state index in [9.17, 15) is 4.79 Å². The van der Waals surface area contributed by atoms with Crippen molar-refractivity contribution in [2.45, 2.75) is 26.2 Å². The number of rotatable bonds is 6. The monoisotopic (exact) mass is 391 g/mol. The van der Waals surface area contributed by atoms with E-state index < -0.39 is 0 Å². The first kappa shape index (κ1) is 21.3. The molecule has 2 aromatic rings. The molecule has 1 N–H and O–H groups in total. The van der Waals surface area contributed by atoms with E-state index >= 15 is 0 Å². The Morgan fingerprint density at radius 3 is 2.17 bits per heavy atom. The van der Waals surface area contributed by atoms with Crippen molar-refractivity contribution in [3.63, 3.8) is 0 Å². The first-order valence-electron chi connectivity index (χ1n) is 10.5. The van der Waals surface area contributed by atoms with Crippen LogP contribution in [0.4, 0.5) is 5.69 Å². The summed E-state index contributed by atoms with van der Waals surface area (Å²) in [7, 11) is 0. The molecule has 0 unspecified atom stereocenters. The van der Waals surface area contributed by atoms with Gasteiger partial charge in [-0.25, -0.2) is 0 Å². The van der Waals surface area contributed by atoms with E-state index in [-0.39, 0.29) is 11.3 Å². The summed E-state index contributed by atoms with van der Waals surface area (Å²) in [6, 6.07) is 18.6. The highest BCUT2D eigenvalue weighted by Gasteiger charge is 2.18. The lowest BCUT2D eigenvalue weighted by Crippen LogP contribution is -2.48. The Bertz CT molecular complexity index is 798. The fourth-order valence-electron chi connectivity index (χ4n) is 3.49. The maximum Gasteiger partial charge on any atom is 0.238 e. The highest BCUT2D eigenvalue weighted by atomic mass is 16.2. The van der Waals surface area contributed by atoms with Crippen molar-refractivity contribution in [1.82, 2.24) is 9.80 Å². The summed E-state index contributed by atoms with van der Waals surface area (Å²) in [6.07, 6.45) is 4.39. The van der Waals surface area contributed by atoms with Gasteiger partial charge in [0.15, 0.2) is 0 Å². The van der Waals surface area contributed by atoms with Gasteiger partial charge in [0.05, 0.1) is 6.54 Å². The number of hydrogen-bond acceptors (Lipinski definition) is 3. The molecule has 1 amide bonds. The maximum absolute atomic E-state index is 12.4. The number of carbonyl (C=O) groups excluding carboxylic acids is 1. The van der Waals surface area contributed by atoms with Crippen molar-refractivity contribution in [2.75, 3.05) is 44.6 Å². The third kappa shape index (κ3) is 6.84. The number of benzene rings is 2. The molecule has 0 radical (unpaired) electrons. The lowest BCUT2D eigenvalue weighted by molar-refractivity contribution is -0.117. The van der Waals surface area contributed by atoms with Gasteiger partial charge >= 0.3 is 0 Å². The van der Waals surface area contributed by atoms with Gasteiger partial charge in [0.25, 0.3) is 0 Å². The van der Waals surface area contributed by atoms with E-state index in [0.29, 0.717) is 6.54 Å². The molecule has 0 atom stereocenters. The van der Waals surface area contributed by atoms with E-state index in [0.717, 1.165) is 38.4 Å². The van der Waals surface area contributed by atoms with Gasteiger partial charge < -0.3 is 5.32 Å². The van der Waals surface area contributed by atoms with Gasteiger partial charge in [0.1, 0.15) is 0 Å². The van der Waals surface area contributed by atoms with Crippen LogP contribution in [0.25, 0.3) is 6.08 Å². The number of amides is 1. The summed E-state index contributed by atoms with van der Waals surface area (Å²) in [5.74, 6) is 0.0610. The number of carbonyl (C=O) groups is 1. The molecule has 4 nitrogen and oxygen atoms in total. The van der Waals surface area contributed by atoms with E-state index in [1.165, 1.54) is 11.1 Å². The highest BCUT2D eigenvalue weighted by Crippen LogP contribution is 2.23. The molecule has 0 saturated carbocycles. The quantitative estimate of drug-likeness (QED) is 0.799. The molecule has 0 aliphatic carbocycles. The molecule has 3 rings (SSSR count). The third-order valence-electron chi connectivity index (χ3n) is 5.34. The summed E-state index contributed by atoms with van der Waals surface area (Å²) >= 11 is 0. The second-order valence-electron chi connectivity index (χ2n) is 8.77. The second kappa shape index (κ2) is 9.86. The molecule has 29 heavy (non-hydrogen) atoms. The zero-order valence-corrected chi connectivity index (χ0v) is 17.9. The van der Waals surface area contributed by atoms with Crippen LogP contribution in [0.1, 0.15) is 31.9 Å². The SMILES string of the molecule is CC(C)(C)c1ccc(NC(=O)CN2CCN(C/C=C/c3ccccc3)CC2)cc1. The van der Waals surface area contributed by atoms with Crippen LogP contribution in [-0.2, 0) is 10.2 Å². The topological polar surface area (TPSA) is 35.6 Å². The summed E-state index contributed by atoms with van der Waals surface area (Å²) in [6.45, 7) is 11.8. The van der Waals surface area contributed by atoms with E-state index in [1.54, 1.807) is 0 Å². The first-order chi connectivity index (χ1) is 13.9. The van der Waals surface area contributed by atoms with Crippen LogP contribution >= 0.6 is 0 Å². The van der Waals surface area contributed by atoms with Crippen LogP contribution in [0.2, 0.25) is 0 Å². The van der Waals surface area contributed by atoms with Crippen LogP contribution in [-0.4, -0.2) is 55.0 Å². The van der Waals surface area contributed by atoms with Crippen molar-refractivity contribution in [3.8, 4) is 0 Å². The van der Waals surface area contributed by atoms with Gasteiger partial charge in [-0.1, -0.05) is 75.4 Å². The molecule has 0 spiro atoms. The highest BCUT2D eigenvalue weighted by molar-refractivity contribution is 5.92. The molecule has 4 heteroatoms. The predicted octanol–water partition coefficient (Wildman–Crippen LogP) is 4.25. The molecule has 0 bridgehead atoms. The molecular formula is C25H33N3O. The molecule has 1 aliphatic heterocycles. The first-order valence-corrected chi connectivity index (χ1v) is 10.5. The lowest BCUT2D eigenvalue weighted by Gasteiger charge is -2.33. The lowest BCUT2D eigenvalue weighted by atomic mass is 9.87. The number of nitrogens with zero attached hydrogens (tertiary/aromatic N) is 2. The van der Waals surface area contributed by atoms with Gasteiger partial charge in [-0.3, -0.25) is 14.6 Å². The predicted molar refractivity (Wildman–Crippen MR) is 122 cm³/mol. The Labute approximate surface area is 175 Å². The number of nitrogens with one attached hydrogen (secondary N) is 1. The van der Waals surface area contributed by atoms with Crippen LogP contribution < -0.4 is 5.32 Å². The fraction of sp³-hybridized carbons (Fsp3) is 0.400. The van der Waals surface area contributed by atoms with Crippen molar-refractivity contribution in [2.24, 2.45) is 0 Å². The molecule has 1 heterocycles. The molecule has 2 aromatic carbocycles. The summed E-state index contributed by atoms with van der Waals surface area (Å²) < 4.78 is 0. The minimum atomic E-state index is 0.0610. The molecule has 154 valence electrons. The summed E-state index contributed by atoms with van der Waals surface area (Å²) in [5, 5.41) is 3.03. The zero-order chi connectivity index (χ0) is 20.7. The largest absolute Gasteiger partial charge is 0.325 e. The average Bonchev–Trinajstić information content (AvgIpc) is 2.70. The molecule has 1 aliphatic rings. The molecule has 1 fully saturated rings. The summed E-state index contributed by atoms with van der Waals surface area (Å²) in [4.78, 5) is 17.1. The number of anilines is 1. The Morgan fingerprint density at radius 1 is 0.931 bits per heavy atom. The number of hydrogen-bond donors (Lipinski definition) is 1. The van der Waals surface area contributed by atoms with Crippen molar-refractivity contribution in [1.29, 1.82) is 0 Å². The van der Waals surface area contributed by atoms with Gasteiger partial charge in [-0.2, -0.15) is 0 Å². The Morgan fingerprint density at radius 2 is 1.55 bits per heavy atom. The van der Waals surface area contributed by atoms with E-state index in [1.807, 2.05) is 18.2 Å².